The molecule has 0 spiro atoms. The number of fused-ring (bicyclic) bond motifs is 1. The smallest absolute Gasteiger partial charge is 0.324 e. The topological polar surface area (TPSA) is 87.8 Å². The predicted molar refractivity (Wildman–Crippen MR) is 77.9 cm³/mol. The summed E-state index contributed by atoms with van der Waals surface area (Å²) >= 11 is 0. The monoisotopic (exact) mass is 279 g/mol. The van der Waals surface area contributed by atoms with Crippen LogP contribution in [0.15, 0.2) is 15.9 Å². The van der Waals surface area contributed by atoms with Gasteiger partial charge in [-0.1, -0.05) is 0 Å². The van der Waals surface area contributed by atoms with Gasteiger partial charge in [-0.15, -0.1) is 0 Å². The standard InChI is InChI=1S/C13H21N5O2/c1-5-17-10-9(11(19)18(6-2)12(17)20)16(8-15-10)7-13(3,4)14/h8H,5-7,14H2,1-4H3. The third-order valence-corrected chi connectivity index (χ3v) is 3.19. The summed E-state index contributed by atoms with van der Waals surface area (Å²) in [6.07, 6.45) is 1.58. The SMILES string of the molecule is CCn1c(=O)c2c(ncn2CC(C)(C)N)n(CC)c1=O. The Morgan fingerprint density at radius 2 is 1.80 bits per heavy atom. The lowest BCUT2D eigenvalue weighted by molar-refractivity contribution is 0.439. The van der Waals surface area contributed by atoms with Gasteiger partial charge in [0, 0.05) is 25.2 Å². The van der Waals surface area contributed by atoms with Gasteiger partial charge < -0.3 is 10.3 Å². The van der Waals surface area contributed by atoms with E-state index < -0.39 is 5.54 Å². The van der Waals surface area contributed by atoms with Crippen LogP contribution in [-0.2, 0) is 19.6 Å². The highest BCUT2D eigenvalue weighted by atomic mass is 16.2. The van der Waals surface area contributed by atoms with Gasteiger partial charge in [0.2, 0.25) is 0 Å². The van der Waals surface area contributed by atoms with Crippen LogP contribution in [0.25, 0.3) is 11.2 Å². The molecule has 0 atom stereocenters. The first kappa shape index (κ1) is 14.5. The van der Waals surface area contributed by atoms with Crippen molar-refractivity contribution >= 4 is 11.2 Å². The molecule has 110 valence electrons. The number of nitrogens with zero attached hydrogens (tertiary/aromatic N) is 4. The first-order chi connectivity index (χ1) is 9.30. The zero-order valence-electron chi connectivity index (χ0n) is 12.4. The van der Waals surface area contributed by atoms with Crippen LogP contribution in [0.1, 0.15) is 27.7 Å². The van der Waals surface area contributed by atoms with E-state index in [0.717, 1.165) is 0 Å². The highest BCUT2D eigenvalue weighted by molar-refractivity contribution is 5.70. The summed E-state index contributed by atoms with van der Waals surface area (Å²) in [5.41, 5.74) is 5.79. The summed E-state index contributed by atoms with van der Waals surface area (Å²) in [6.45, 7) is 8.67. The number of aromatic nitrogens is 4. The van der Waals surface area contributed by atoms with Crippen molar-refractivity contribution in [2.45, 2.75) is 52.9 Å². The van der Waals surface area contributed by atoms with Gasteiger partial charge in [0.1, 0.15) is 0 Å². The first-order valence-corrected chi connectivity index (χ1v) is 6.77. The molecule has 7 nitrogen and oxygen atoms in total. The average molecular weight is 279 g/mol. The molecule has 0 fully saturated rings. The van der Waals surface area contributed by atoms with E-state index >= 15 is 0 Å². The van der Waals surface area contributed by atoms with E-state index in [1.54, 1.807) is 17.8 Å². The number of nitrogens with two attached hydrogens (primary N) is 1. The fourth-order valence-electron chi connectivity index (χ4n) is 2.36. The molecule has 0 saturated heterocycles. The minimum absolute atomic E-state index is 0.307. The Morgan fingerprint density at radius 3 is 2.30 bits per heavy atom. The van der Waals surface area contributed by atoms with Crippen molar-refractivity contribution in [3.8, 4) is 0 Å². The largest absolute Gasteiger partial charge is 0.332 e. The van der Waals surface area contributed by atoms with Gasteiger partial charge in [-0.05, 0) is 27.7 Å². The lowest BCUT2D eigenvalue weighted by Gasteiger charge is -2.19. The molecule has 0 saturated carbocycles. The molecular weight excluding hydrogens is 258 g/mol. The van der Waals surface area contributed by atoms with Crippen molar-refractivity contribution in [1.29, 1.82) is 0 Å². The molecule has 2 rings (SSSR count). The molecule has 0 bridgehead atoms. The molecule has 2 N–H and O–H groups in total. The number of rotatable bonds is 4. The van der Waals surface area contributed by atoms with Crippen LogP contribution in [0.3, 0.4) is 0 Å². The molecule has 2 aromatic heterocycles. The van der Waals surface area contributed by atoms with Gasteiger partial charge >= 0.3 is 5.69 Å². The third-order valence-electron chi connectivity index (χ3n) is 3.19. The number of imidazole rings is 1. The Labute approximate surface area is 116 Å². The van der Waals surface area contributed by atoms with Gasteiger partial charge in [-0.25, -0.2) is 9.78 Å². The Kier molecular flexibility index (Phi) is 3.56. The number of hydrogen-bond acceptors (Lipinski definition) is 4. The molecule has 0 aliphatic carbocycles. The second kappa shape index (κ2) is 4.90. The number of aryl methyl sites for hydroxylation is 1. The van der Waals surface area contributed by atoms with Gasteiger partial charge in [0.15, 0.2) is 11.2 Å². The highest BCUT2D eigenvalue weighted by Gasteiger charge is 2.19. The fraction of sp³-hybridized carbons (Fsp3) is 0.615. The molecule has 7 heteroatoms. The summed E-state index contributed by atoms with van der Waals surface area (Å²) < 4.78 is 4.48. The van der Waals surface area contributed by atoms with E-state index in [9.17, 15) is 9.59 Å². The van der Waals surface area contributed by atoms with E-state index in [1.807, 2.05) is 20.8 Å². The van der Waals surface area contributed by atoms with Crippen molar-refractivity contribution in [3.63, 3.8) is 0 Å². The van der Waals surface area contributed by atoms with E-state index in [0.29, 0.717) is 30.8 Å². The van der Waals surface area contributed by atoms with Gasteiger partial charge in [-0.3, -0.25) is 13.9 Å². The minimum Gasteiger partial charge on any atom is -0.324 e. The number of hydrogen-bond donors (Lipinski definition) is 1. The first-order valence-electron chi connectivity index (χ1n) is 6.77. The quantitative estimate of drug-likeness (QED) is 0.862. The van der Waals surface area contributed by atoms with E-state index in [-0.39, 0.29) is 11.2 Å². The molecule has 2 heterocycles. The molecule has 2 aromatic rings. The minimum atomic E-state index is -0.468. The van der Waals surface area contributed by atoms with Crippen LogP contribution < -0.4 is 17.0 Å². The average Bonchev–Trinajstić information content (AvgIpc) is 2.72. The summed E-state index contributed by atoms with van der Waals surface area (Å²) in [5.74, 6) is 0. The van der Waals surface area contributed by atoms with Gasteiger partial charge in [0.05, 0.1) is 6.33 Å². The van der Waals surface area contributed by atoms with E-state index in [4.69, 9.17) is 5.73 Å². The Balaban J connectivity index is 2.85. The van der Waals surface area contributed by atoms with Crippen LogP contribution in [0, 0.1) is 0 Å². The highest BCUT2D eigenvalue weighted by Crippen LogP contribution is 2.10. The Hall–Kier alpha value is -1.89. The summed E-state index contributed by atoms with van der Waals surface area (Å²) in [5, 5.41) is 0. The van der Waals surface area contributed by atoms with Crippen molar-refractivity contribution in [2.75, 3.05) is 0 Å². The molecule has 0 amide bonds. The van der Waals surface area contributed by atoms with E-state index in [1.165, 1.54) is 9.13 Å². The van der Waals surface area contributed by atoms with Crippen molar-refractivity contribution in [1.82, 2.24) is 18.7 Å². The zero-order valence-corrected chi connectivity index (χ0v) is 12.4. The normalized spacial score (nSPS) is 12.2. The maximum absolute atomic E-state index is 12.5. The van der Waals surface area contributed by atoms with E-state index in [2.05, 4.69) is 4.98 Å². The molecule has 0 unspecified atom stereocenters. The third kappa shape index (κ3) is 2.29. The molecule has 0 aliphatic heterocycles. The maximum atomic E-state index is 12.5. The summed E-state index contributed by atoms with van der Waals surface area (Å²) in [7, 11) is 0. The van der Waals surface area contributed by atoms with Gasteiger partial charge in [0.25, 0.3) is 5.56 Å². The van der Waals surface area contributed by atoms with Crippen molar-refractivity contribution < 1.29 is 0 Å². The summed E-state index contributed by atoms with van der Waals surface area (Å²) in [6, 6.07) is 0. The molecule has 20 heavy (non-hydrogen) atoms. The maximum Gasteiger partial charge on any atom is 0.332 e. The van der Waals surface area contributed by atoms with Crippen LogP contribution in [0.5, 0.6) is 0 Å². The zero-order chi connectivity index (χ0) is 15.1. The van der Waals surface area contributed by atoms with Gasteiger partial charge in [-0.2, -0.15) is 0 Å². The second-order valence-electron chi connectivity index (χ2n) is 5.61. The van der Waals surface area contributed by atoms with Crippen molar-refractivity contribution in [3.05, 3.63) is 27.2 Å². The van der Waals surface area contributed by atoms with Crippen LogP contribution in [-0.4, -0.2) is 24.2 Å². The van der Waals surface area contributed by atoms with Crippen LogP contribution in [0.2, 0.25) is 0 Å². The predicted octanol–water partition coefficient (Wildman–Crippen LogP) is 0.137. The lowest BCUT2D eigenvalue weighted by Crippen LogP contribution is -2.41. The molecular formula is C13H21N5O2. The Bertz CT molecular complexity index is 745. The fourth-order valence-corrected chi connectivity index (χ4v) is 2.36. The molecule has 0 aliphatic rings. The van der Waals surface area contributed by atoms with Crippen LogP contribution in [0.4, 0.5) is 0 Å². The molecule has 0 radical (unpaired) electrons. The molecule has 0 aromatic carbocycles. The second-order valence-corrected chi connectivity index (χ2v) is 5.61. The van der Waals surface area contributed by atoms with Crippen LogP contribution >= 0.6 is 0 Å². The Morgan fingerprint density at radius 1 is 1.20 bits per heavy atom. The lowest BCUT2D eigenvalue weighted by atomic mass is 10.1. The van der Waals surface area contributed by atoms with Crippen molar-refractivity contribution in [2.24, 2.45) is 5.73 Å². The summed E-state index contributed by atoms with van der Waals surface area (Å²) in [4.78, 5) is 28.9.